The molecule has 1 aliphatic rings. The fourth-order valence-electron chi connectivity index (χ4n) is 2.44. The summed E-state index contributed by atoms with van der Waals surface area (Å²) in [5.41, 5.74) is 1.01. The molecule has 0 spiro atoms. The summed E-state index contributed by atoms with van der Waals surface area (Å²) >= 11 is 0. The molecule has 0 bridgehead atoms. The van der Waals surface area contributed by atoms with Gasteiger partial charge in [0.2, 0.25) is 0 Å². The van der Waals surface area contributed by atoms with Crippen molar-refractivity contribution in [2.75, 3.05) is 0 Å². The Hall–Kier alpha value is -0.530. The summed E-state index contributed by atoms with van der Waals surface area (Å²) in [4.78, 5) is 0. The van der Waals surface area contributed by atoms with Gasteiger partial charge in [-0.05, 0) is 31.6 Å². The van der Waals surface area contributed by atoms with Crippen molar-refractivity contribution in [3.8, 4) is 0 Å². The first-order valence-electron chi connectivity index (χ1n) is 6.56. The van der Waals surface area contributed by atoms with Crippen LogP contribution in [0.2, 0.25) is 0 Å². The highest BCUT2D eigenvalue weighted by molar-refractivity contribution is 5.84. The zero-order valence-corrected chi connectivity index (χ0v) is 10.0. The predicted octanol–water partition coefficient (Wildman–Crippen LogP) is 4.37. The molecule has 0 aromatic rings. The lowest BCUT2D eigenvalue weighted by molar-refractivity contribution is 0.308. The van der Waals surface area contributed by atoms with Crippen LogP contribution in [0.15, 0.2) is 5.16 Å². The number of unbranched alkanes of at least 4 members (excludes halogenated alkanes) is 4. The molecule has 88 valence electrons. The Morgan fingerprint density at radius 2 is 1.80 bits per heavy atom. The Bertz CT molecular complexity index is 179. The van der Waals surface area contributed by atoms with E-state index in [2.05, 4.69) is 12.1 Å². The number of nitrogens with zero attached hydrogens (tertiary/aromatic N) is 1. The average molecular weight is 211 g/mol. The van der Waals surface area contributed by atoms with Gasteiger partial charge in [-0.15, -0.1) is 0 Å². The number of hydrogen-bond donors (Lipinski definition) is 1. The van der Waals surface area contributed by atoms with Crippen LogP contribution in [0.4, 0.5) is 0 Å². The van der Waals surface area contributed by atoms with E-state index >= 15 is 0 Å². The minimum absolute atomic E-state index is 0.900. The monoisotopic (exact) mass is 211 g/mol. The van der Waals surface area contributed by atoms with Gasteiger partial charge in [-0.2, -0.15) is 0 Å². The molecular weight excluding hydrogens is 186 g/mol. The molecule has 15 heavy (non-hydrogen) atoms. The molecule has 0 heterocycles. The molecule has 1 saturated carbocycles. The van der Waals surface area contributed by atoms with Crippen LogP contribution in [0, 0.1) is 5.92 Å². The van der Waals surface area contributed by atoms with Crippen LogP contribution in [-0.4, -0.2) is 10.9 Å². The molecule has 0 aliphatic heterocycles. The highest BCUT2D eigenvalue weighted by Crippen LogP contribution is 2.27. The van der Waals surface area contributed by atoms with Crippen molar-refractivity contribution in [2.45, 2.75) is 71.1 Å². The lowest BCUT2D eigenvalue weighted by atomic mass is 9.84. The van der Waals surface area contributed by atoms with E-state index in [1.54, 1.807) is 0 Å². The van der Waals surface area contributed by atoms with Crippen LogP contribution in [0.5, 0.6) is 0 Å². The summed E-state index contributed by atoms with van der Waals surface area (Å²) in [5.74, 6) is 0.900. The normalized spacial score (nSPS) is 21.7. The molecule has 2 heteroatoms. The fraction of sp³-hybridized carbons (Fsp3) is 0.923. The summed E-state index contributed by atoms with van der Waals surface area (Å²) in [6, 6.07) is 0. The smallest absolute Gasteiger partial charge is 0.0571 e. The van der Waals surface area contributed by atoms with Gasteiger partial charge >= 0.3 is 0 Å². The molecule has 1 rings (SSSR count). The van der Waals surface area contributed by atoms with Gasteiger partial charge in [0, 0.05) is 0 Å². The van der Waals surface area contributed by atoms with Gasteiger partial charge in [0.25, 0.3) is 0 Å². The molecule has 1 aliphatic carbocycles. The van der Waals surface area contributed by atoms with Crippen molar-refractivity contribution < 1.29 is 5.21 Å². The quantitative estimate of drug-likeness (QED) is 0.395. The standard InChI is InChI=1S/C13H25NO/c1-2-3-4-5-6-7-12-8-10-13(14-15)11-9-12/h12,15H,2-11H2,1H3. The van der Waals surface area contributed by atoms with E-state index in [-0.39, 0.29) is 0 Å². The molecule has 1 fully saturated rings. The average Bonchev–Trinajstić information content (AvgIpc) is 2.30. The molecule has 0 unspecified atom stereocenters. The van der Waals surface area contributed by atoms with Crippen LogP contribution in [0.1, 0.15) is 71.1 Å². The summed E-state index contributed by atoms with van der Waals surface area (Å²) in [7, 11) is 0. The maximum absolute atomic E-state index is 8.64. The zero-order valence-electron chi connectivity index (χ0n) is 10.0. The molecule has 0 atom stereocenters. The van der Waals surface area contributed by atoms with E-state index in [4.69, 9.17) is 5.21 Å². The molecular formula is C13H25NO. The van der Waals surface area contributed by atoms with E-state index in [0.717, 1.165) is 24.5 Å². The van der Waals surface area contributed by atoms with E-state index in [1.165, 1.54) is 51.4 Å². The van der Waals surface area contributed by atoms with Crippen LogP contribution in [0.25, 0.3) is 0 Å². The Morgan fingerprint density at radius 3 is 2.40 bits per heavy atom. The molecule has 0 saturated heterocycles. The summed E-state index contributed by atoms with van der Waals surface area (Å²) in [5, 5.41) is 12.0. The molecule has 0 aromatic carbocycles. The van der Waals surface area contributed by atoms with Gasteiger partial charge in [0.1, 0.15) is 0 Å². The van der Waals surface area contributed by atoms with Crippen molar-refractivity contribution in [1.82, 2.24) is 0 Å². The van der Waals surface area contributed by atoms with Crippen LogP contribution >= 0.6 is 0 Å². The van der Waals surface area contributed by atoms with Crippen LogP contribution in [0.3, 0.4) is 0 Å². The van der Waals surface area contributed by atoms with E-state index in [9.17, 15) is 0 Å². The lowest BCUT2D eigenvalue weighted by Gasteiger charge is -2.22. The fourth-order valence-corrected chi connectivity index (χ4v) is 2.44. The Morgan fingerprint density at radius 1 is 1.13 bits per heavy atom. The topological polar surface area (TPSA) is 32.6 Å². The van der Waals surface area contributed by atoms with Crippen molar-refractivity contribution >= 4 is 5.71 Å². The second-order valence-electron chi connectivity index (χ2n) is 4.81. The SMILES string of the molecule is CCCCCCCC1CCC(=NO)CC1. The third-order valence-corrected chi connectivity index (χ3v) is 3.54. The van der Waals surface area contributed by atoms with Gasteiger partial charge < -0.3 is 5.21 Å². The number of rotatable bonds is 6. The first kappa shape index (κ1) is 12.5. The van der Waals surface area contributed by atoms with Crippen molar-refractivity contribution in [1.29, 1.82) is 0 Å². The Labute approximate surface area is 93.8 Å². The molecule has 2 nitrogen and oxygen atoms in total. The van der Waals surface area contributed by atoms with Gasteiger partial charge in [0.05, 0.1) is 5.71 Å². The predicted molar refractivity (Wildman–Crippen MR) is 64.6 cm³/mol. The second kappa shape index (κ2) is 7.72. The molecule has 1 N–H and O–H groups in total. The molecule has 0 aromatic heterocycles. The summed E-state index contributed by atoms with van der Waals surface area (Å²) < 4.78 is 0. The van der Waals surface area contributed by atoms with Crippen LogP contribution in [-0.2, 0) is 0 Å². The third kappa shape index (κ3) is 5.19. The van der Waals surface area contributed by atoms with Crippen molar-refractivity contribution in [3.05, 3.63) is 0 Å². The lowest BCUT2D eigenvalue weighted by Crippen LogP contribution is -2.14. The third-order valence-electron chi connectivity index (χ3n) is 3.54. The maximum Gasteiger partial charge on any atom is 0.0571 e. The van der Waals surface area contributed by atoms with Gasteiger partial charge in [-0.25, -0.2) is 0 Å². The van der Waals surface area contributed by atoms with Crippen LogP contribution < -0.4 is 0 Å². The van der Waals surface area contributed by atoms with Gasteiger partial charge in [0.15, 0.2) is 0 Å². The maximum atomic E-state index is 8.64. The number of oxime groups is 1. The highest BCUT2D eigenvalue weighted by atomic mass is 16.4. The van der Waals surface area contributed by atoms with E-state index < -0.39 is 0 Å². The van der Waals surface area contributed by atoms with Crippen molar-refractivity contribution in [2.24, 2.45) is 11.1 Å². The minimum Gasteiger partial charge on any atom is -0.411 e. The number of hydrogen-bond acceptors (Lipinski definition) is 2. The highest BCUT2D eigenvalue weighted by Gasteiger charge is 2.17. The zero-order chi connectivity index (χ0) is 10.9. The van der Waals surface area contributed by atoms with E-state index in [0.29, 0.717) is 0 Å². The van der Waals surface area contributed by atoms with Gasteiger partial charge in [-0.1, -0.05) is 50.6 Å². The molecule has 0 amide bonds. The van der Waals surface area contributed by atoms with Gasteiger partial charge in [-0.3, -0.25) is 0 Å². The van der Waals surface area contributed by atoms with E-state index in [1.807, 2.05) is 0 Å². The molecule has 0 radical (unpaired) electrons. The summed E-state index contributed by atoms with van der Waals surface area (Å²) in [6.07, 6.45) is 12.9. The first-order chi connectivity index (χ1) is 7.36. The second-order valence-corrected chi connectivity index (χ2v) is 4.81. The van der Waals surface area contributed by atoms with Crippen molar-refractivity contribution in [3.63, 3.8) is 0 Å². The largest absolute Gasteiger partial charge is 0.411 e. The summed E-state index contributed by atoms with van der Waals surface area (Å²) in [6.45, 7) is 2.26. The first-order valence-corrected chi connectivity index (χ1v) is 6.56. The minimum atomic E-state index is 0.900. The Kier molecular flexibility index (Phi) is 6.45. The Balaban J connectivity index is 1.99.